The van der Waals surface area contributed by atoms with Gasteiger partial charge in [-0.05, 0) is 30.2 Å². The standard InChI is InChI=1S/C17H18N2O2/c1-12(18-10-13-5-3-2-4-6-13)14-7-8-16-15(9-14)19-17(20)11-21-16/h2-9,12,18H,10-11H2,1H3,(H,19,20). The molecule has 1 amide bonds. The van der Waals surface area contributed by atoms with Gasteiger partial charge < -0.3 is 15.4 Å². The maximum Gasteiger partial charge on any atom is 0.262 e. The molecule has 1 unspecified atom stereocenters. The molecule has 1 atom stereocenters. The molecule has 0 aliphatic carbocycles. The molecule has 21 heavy (non-hydrogen) atoms. The van der Waals surface area contributed by atoms with Crippen molar-refractivity contribution < 1.29 is 9.53 Å². The molecule has 4 nitrogen and oxygen atoms in total. The summed E-state index contributed by atoms with van der Waals surface area (Å²) >= 11 is 0. The fraction of sp³-hybridized carbons (Fsp3) is 0.235. The Balaban J connectivity index is 1.69. The van der Waals surface area contributed by atoms with Gasteiger partial charge in [-0.25, -0.2) is 0 Å². The minimum absolute atomic E-state index is 0.0914. The van der Waals surface area contributed by atoms with Crippen LogP contribution in [0.3, 0.4) is 0 Å². The van der Waals surface area contributed by atoms with Gasteiger partial charge in [-0.3, -0.25) is 4.79 Å². The van der Waals surface area contributed by atoms with E-state index < -0.39 is 0 Å². The first kappa shape index (κ1) is 13.6. The number of hydrogen-bond donors (Lipinski definition) is 2. The largest absolute Gasteiger partial charge is 0.482 e. The molecule has 0 saturated carbocycles. The molecule has 3 rings (SSSR count). The van der Waals surface area contributed by atoms with Crippen LogP contribution >= 0.6 is 0 Å². The number of benzene rings is 2. The Morgan fingerprint density at radius 1 is 1.24 bits per heavy atom. The molecule has 0 fully saturated rings. The first-order chi connectivity index (χ1) is 10.2. The minimum Gasteiger partial charge on any atom is -0.482 e. The molecule has 1 aliphatic rings. The van der Waals surface area contributed by atoms with Crippen LogP contribution < -0.4 is 15.4 Å². The number of rotatable bonds is 4. The lowest BCUT2D eigenvalue weighted by molar-refractivity contribution is -0.118. The summed E-state index contributed by atoms with van der Waals surface area (Å²) < 4.78 is 5.37. The van der Waals surface area contributed by atoms with Crippen molar-refractivity contribution in [2.24, 2.45) is 0 Å². The summed E-state index contributed by atoms with van der Waals surface area (Å²) in [5, 5.41) is 6.32. The Hall–Kier alpha value is -2.33. The fourth-order valence-electron chi connectivity index (χ4n) is 2.35. The highest BCUT2D eigenvalue weighted by Gasteiger charge is 2.17. The van der Waals surface area contributed by atoms with Crippen molar-refractivity contribution in [3.63, 3.8) is 0 Å². The normalized spacial score (nSPS) is 14.8. The summed E-state index contributed by atoms with van der Waals surface area (Å²) in [6.07, 6.45) is 0. The number of hydrogen-bond acceptors (Lipinski definition) is 3. The van der Waals surface area contributed by atoms with E-state index >= 15 is 0 Å². The highest BCUT2D eigenvalue weighted by atomic mass is 16.5. The Labute approximate surface area is 124 Å². The van der Waals surface area contributed by atoms with E-state index in [2.05, 4.69) is 29.7 Å². The molecule has 108 valence electrons. The van der Waals surface area contributed by atoms with Gasteiger partial charge >= 0.3 is 0 Å². The predicted molar refractivity (Wildman–Crippen MR) is 82.3 cm³/mol. The highest BCUT2D eigenvalue weighted by Crippen LogP contribution is 2.30. The minimum atomic E-state index is -0.107. The summed E-state index contributed by atoms with van der Waals surface area (Å²) in [6.45, 7) is 3.01. The van der Waals surface area contributed by atoms with Crippen molar-refractivity contribution in [3.8, 4) is 5.75 Å². The van der Waals surface area contributed by atoms with E-state index in [4.69, 9.17) is 4.74 Å². The second-order valence-corrected chi connectivity index (χ2v) is 5.18. The summed E-state index contributed by atoms with van der Waals surface area (Å²) in [5.74, 6) is 0.623. The van der Waals surface area contributed by atoms with Crippen molar-refractivity contribution >= 4 is 11.6 Å². The Bertz CT molecular complexity index is 640. The van der Waals surface area contributed by atoms with Gasteiger partial charge in [0, 0.05) is 12.6 Å². The van der Waals surface area contributed by atoms with E-state index in [9.17, 15) is 4.79 Å². The first-order valence-corrected chi connectivity index (χ1v) is 7.06. The molecule has 1 aliphatic heterocycles. The topological polar surface area (TPSA) is 50.4 Å². The molecular formula is C17H18N2O2. The summed E-state index contributed by atoms with van der Waals surface area (Å²) in [4.78, 5) is 11.4. The lowest BCUT2D eigenvalue weighted by Crippen LogP contribution is -2.26. The number of amides is 1. The van der Waals surface area contributed by atoms with Crippen LogP contribution in [0.2, 0.25) is 0 Å². The van der Waals surface area contributed by atoms with Crippen LogP contribution in [0.4, 0.5) is 5.69 Å². The number of anilines is 1. The SMILES string of the molecule is CC(NCc1ccccc1)c1ccc2c(c1)NC(=O)CO2. The van der Waals surface area contributed by atoms with Crippen LogP contribution in [0.5, 0.6) is 5.75 Å². The number of fused-ring (bicyclic) bond motifs is 1. The molecule has 4 heteroatoms. The molecule has 2 aromatic rings. The highest BCUT2D eigenvalue weighted by molar-refractivity contribution is 5.95. The van der Waals surface area contributed by atoms with E-state index in [-0.39, 0.29) is 18.6 Å². The molecule has 2 N–H and O–H groups in total. The predicted octanol–water partition coefficient (Wildman–Crippen LogP) is 2.87. The zero-order valence-corrected chi connectivity index (χ0v) is 11.9. The van der Waals surface area contributed by atoms with Crippen LogP contribution in [0, 0.1) is 0 Å². The average Bonchev–Trinajstić information content (AvgIpc) is 2.53. The van der Waals surface area contributed by atoms with E-state index in [0.717, 1.165) is 23.5 Å². The molecule has 2 aromatic carbocycles. The molecule has 0 saturated heterocycles. The molecule has 0 aromatic heterocycles. The monoisotopic (exact) mass is 282 g/mol. The van der Waals surface area contributed by atoms with Gasteiger partial charge in [-0.15, -0.1) is 0 Å². The van der Waals surface area contributed by atoms with Crippen LogP contribution in [0.25, 0.3) is 0 Å². The number of carbonyl (C=O) groups excluding carboxylic acids is 1. The van der Waals surface area contributed by atoms with Crippen LogP contribution in [0.15, 0.2) is 48.5 Å². The zero-order chi connectivity index (χ0) is 14.7. The van der Waals surface area contributed by atoms with Gasteiger partial charge in [0.25, 0.3) is 5.91 Å². The van der Waals surface area contributed by atoms with Gasteiger partial charge in [0.15, 0.2) is 6.61 Å². The Kier molecular flexibility index (Phi) is 3.88. The van der Waals surface area contributed by atoms with E-state index in [1.54, 1.807) is 0 Å². The van der Waals surface area contributed by atoms with Gasteiger partial charge in [0.05, 0.1) is 5.69 Å². The van der Waals surface area contributed by atoms with Crippen LogP contribution in [-0.2, 0) is 11.3 Å². The quantitative estimate of drug-likeness (QED) is 0.906. The second-order valence-electron chi connectivity index (χ2n) is 5.18. The van der Waals surface area contributed by atoms with Gasteiger partial charge in [-0.1, -0.05) is 36.4 Å². The molecule has 1 heterocycles. The van der Waals surface area contributed by atoms with Crippen LogP contribution in [0.1, 0.15) is 24.1 Å². The average molecular weight is 282 g/mol. The maximum absolute atomic E-state index is 11.4. The van der Waals surface area contributed by atoms with Crippen molar-refractivity contribution in [1.29, 1.82) is 0 Å². The van der Waals surface area contributed by atoms with Crippen molar-refractivity contribution in [2.45, 2.75) is 19.5 Å². The molecule has 0 radical (unpaired) electrons. The third-order valence-corrected chi connectivity index (χ3v) is 3.59. The Morgan fingerprint density at radius 3 is 2.86 bits per heavy atom. The fourth-order valence-corrected chi connectivity index (χ4v) is 2.35. The summed E-state index contributed by atoms with van der Waals surface area (Å²) in [6, 6.07) is 16.4. The zero-order valence-electron chi connectivity index (χ0n) is 11.9. The molecular weight excluding hydrogens is 264 g/mol. The van der Waals surface area contributed by atoms with Gasteiger partial charge in [0.1, 0.15) is 5.75 Å². The van der Waals surface area contributed by atoms with Crippen molar-refractivity contribution in [1.82, 2.24) is 5.32 Å². The van der Waals surface area contributed by atoms with Gasteiger partial charge in [-0.2, -0.15) is 0 Å². The number of nitrogens with one attached hydrogen (secondary N) is 2. The van der Waals surface area contributed by atoms with Gasteiger partial charge in [0.2, 0.25) is 0 Å². The first-order valence-electron chi connectivity index (χ1n) is 7.06. The third kappa shape index (κ3) is 3.23. The smallest absolute Gasteiger partial charge is 0.262 e. The second kappa shape index (κ2) is 5.97. The lowest BCUT2D eigenvalue weighted by atomic mass is 10.1. The summed E-state index contributed by atoms with van der Waals surface area (Å²) in [5.41, 5.74) is 3.12. The van der Waals surface area contributed by atoms with Crippen molar-refractivity contribution in [3.05, 3.63) is 59.7 Å². The lowest BCUT2D eigenvalue weighted by Gasteiger charge is -2.21. The summed E-state index contributed by atoms with van der Waals surface area (Å²) in [7, 11) is 0. The number of ether oxygens (including phenoxy) is 1. The molecule has 0 spiro atoms. The number of carbonyl (C=O) groups is 1. The Morgan fingerprint density at radius 2 is 2.05 bits per heavy atom. The maximum atomic E-state index is 11.4. The van der Waals surface area contributed by atoms with Crippen molar-refractivity contribution in [2.75, 3.05) is 11.9 Å². The van der Waals surface area contributed by atoms with E-state index in [0.29, 0.717) is 0 Å². The van der Waals surface area contributed by atoms with E-state index in [1.807, 2.05) is 36.4 Å². The third-order valence-electron chi connectivity index (χ3n) is 3.59. The van der Waals surface area contributed by atoms with E-state index in [1.165, 1.54) is 5.56 Å². The van der Waals surface area contributed by atoms with Crippen LogP contribution in [-0.4, -0.2) is 12.5 Å². The molecule has 0 bridgehead atoms.